The Balaban J connectivity index is 1.53. The van der Waals surface area contributed by atoms with E-state index in [0.717, 1.165) is 38.5 Å². The predicted octanol–water partition coefficient (Wildman–Crippen LogP) is 2.41. The average molecular weight is 369 g/mol. The number of aromatic nitrogens is 2. The van der Waals surface area contributed by atoms with E-state index >= 15 is 0 Å². The number of carbonyl (C=O) groups is 1. The third-order valence-corrected chi connectivity index (χ3v) is 4.56. The molecule has 1 aromatic carbocycles. The molecule has 7 heteroatoms. The Kier molecular flexibility index (Phi) is 6.73. The van der Waals surface area contributed by atoms with Crippen LogP contribution in [-0.4, -0.2) is 60.4 Å². The van der Waals surface area contributed by atoms with E-state index in [-0.39, 0.29) is 5.91 Å². The molecule has 0 aliphatic carbocycles. The van der Waals surface area contributed by atoms with Crippen molar-refractivity contribution in [3.8, 4) is 0 Å². The van der Waals surface area contributed by atoms with Crippen molar-refractivity contribution in [2.24, 2.45) is 0 Å². The number of para-hydroxylation sites is 1. The van der Waals surface area contributed by atoms with E-state index in [1.807, 2.05) is 18.2 Å². The van der Waals surface area contributed by atoms with Crippen molar-refractivity contribution in [2.75, 3.05) is 44.7 Å². The van der Waals surface area contributed by atoms with Gasteiger partial charge in [0.05, 0.1) is 13.2 Å². The average Bonchev–Trinajstić information content (AvgIpc) is 2.69. The van der Waals surface area contributed by atoms with Gasteiger partial charge in [-0.05, 0) is 29.7 Å². The van der Waals surface area contributed by atoms with Gasteiger partial charge in [-0.2, -0.15) is 0 Å². The summed E-state index contributed by atoms with van der Waals surface area (Å²) in [6.45, 7) is 9.03. The Morgan fingerprint density at radius 3 is 2.63 bits per heavy atom. The first-order valence-corrected chi connectivity index (χ1v) is 9.41. The largest absolute Gasteiger partial charge is 0.379 e. The van der Waals surface area contributed by atoms with Crippen molar-refractivity contribution in [3.63, 3.8) is 0 Å². The molecule has 144 valence electrons. The number of amides is 1. The fourth-order valence-corrected chi connectivity index (χ4v) is 3.02. The van der Waals surface area contributed by atoms with Crippen LogP contribution in [0.25, 0.3) is 0 Å². The number of morpholine rings is 1. The zero-order valence-electron chi connectivity index (χ0n) is 15.9. The fraction of sp³-hybridized carbons (Fsp3) is 0.450. The van der Waals surface area contributed by atoms with Crippen LogP contribution in [0.3, 0.4) is 0 Å². The summed E-state index contributed by atoms with van der Waals surface area (Å²) in [5, 5.41) is 14.4. The molecule has 1 aliphatic heterocycles. The molecule has 0 saturated carbocycles. The molecule has 0 atom stereocenters. The highest BCUT2D eigenvalue weighted by Gasteiger charge is 2.12. The minimum absolute atomic E-state index is 0.204. The predicted molar refractivity (Wildman–Crippen MR) is 105 cm³/mol. The quantitative estimate of drug-likeness (QED) is 0.780. The Hall–Kier alpha value is -2.51. The summed E-state index contributed by atoms with van der Waals surface area (Å²) in [6, 6.07) is 11.6. The molecule has 7 nitrogen and oxygen atoms in total. The van der Waals surface area contributed by atoms with Crippen molar-refractivity contribution >= 4 is 17.4 Å². The van der Waals surface area contributed by atoms with E-state index in [2.05, 4.69) is 45.6 Å². The van der Waals surface area contributed by atoms with Gasteiger partial charge in [0.1, 0.15) is 0 Å². The molecule has 3 rings (SSSR count). The number of carbonyl (C=O) groups excluding carboxylic acids is 1. The van der Waals surface area contributed by atoms with Crippen LogP contribution >= 0.6 is 0 Å². The maximum atomic E-state index is 12.2. The molecule has 1 saturated heterocycles. The van der Waals surface area contributed by atoms with E-state index in [4.69, 9.17) is 4.74 Å². The lowest BCUT2D eigenvalue weighted by atomic mass is 10.0. The van der Waals surface area contributed by atoms with Crippen LogP contribution in [0.1, 0.15) is 35.8 Å². The van der Waals surface area contributed by atoms with Gasteiger partial charge >= 0.3 is 0 Å². The number of benzene rings is 1. The number of rotatable bonds is 7. The van der Waals surface area contributed by atoms with Gasteiger partial charge in [-0.15, -0.1) is 10.2 Å². The summed E-state index contributed by atoms with van der Waals surface area (Å²) >= 11 is 0. The number of nitrogens with one attached hydrogen (secondary N) is 2. The lowest BCUT2D eigenvalue weighted by Gasteiger charge is -2.26. The minimum Gasteiger partial charge on any atom is -0.379 e. The van der Waals surface area contributed by atoms with Crippen molar-refractivity contribution in [1.29, 1.82) is 0 Å². The second kappa shape index (κ2) is 9.43. The number of hydrogen-bond donors (Lipinski definition) is 2. The van der Waals surface area contributed by atoms with E-state index in [1.165, 1.54) is 5.56 Å². The van der Waals surface area contributed by atoms with Gasteiger partial charge in [0.2, 0.25) is 0 Å². The third-order valence-electron chi connectivity index (χ3n) is 4.56. The van der Waals surface area contributed by atoms with Crippen molar-refractivity contribution in [2.45, 2.75) is 19.8 Å². The number of nitrogens with zero attached hydrogens (tertiary/aromatic N) is 3. The molecule has 0 radical (unpaired) electrons. The van der Waals surface area contributed by atoms with Crippen molar-refractivity contribution in [3.05, 3.63) is 47.7 Å². The Bertz CT molecular complexity index is 742. The van der Waals surface area contributed by atoms with Crippen LogP contribution in [-0.2, 0) is 4.74 Å². The van der Waals surface area contributed by atoms with Crippen molar-refractivity contribution < 1.29 is 9.53 Å². The highest BCUT2D eigenvalue weighted by Crippen LogP contribution is 2.25. The van der Waals surface area contributed by atoms with Gasteiger partial charge in [-0.3, -0.25) is 9.69 Å². The smallest absolute Gasteiger partial charge is 0.271 e. The zero-order chi connectivity index (χ0) is 19.1. The highest BCUT2D eigenvalue weighted by molar-refractivity contribution is 5.92. The fourth-order valence-electron chi connectivity index (χ4n) is 3.02. The first-order valence-electron chi connectivity index (χ1n) is 9.41. The summed E-state index contributed by atoms with van der Waals surface area (Å²) in [5.74, 6) is 0.816. The van der Waals surface area contributed by atoms with Crippen LogP contribution in [0.4, 0.5) is 11.5 Å². The summed E-state index contributed by atoms with van der Waals surface area (Å²) in [7, 11) is 0. The molecule has 2 N–H and O–H groups in total. The Morgan fingerprint density at radius 2 is 1.93 bits per heavy atom. The lowest BCUT2D eigenvalue weighted by molar-refractivity contribution is 0.0383. The molecule has 0 bridgehead atoms. The zero-order valence-corrected chi connectivity index (χ0v) is 15.9. The molecule has 0 spiro atoms. The lowest BCUT2D eigenvalue weighted by Crippen LogP contribution is -2.41. The number of ether oxygens (including phenoxy) is 1. The molecule has 1 aromatic heterocycles. The molecule has 2 aromatic rings. The monoisotopic (exact) mass is 369 g/mol. The van der Waals surface area contributed by atoms with E-state index in [0.29, 0.717) is 24.0 Å². The van der Waals surface area contributed by atoms with Crippen LogP contribution in [0, 0.1) is 0 Å². The van der Waals surface area contributed by atoms with Gasteiger partial charge in [-0.1, -0.05) is 32.0 Å². The molecule has 1 aliphatic rings. The van der Waals surface area contributed by atoms with Gasteiger partial charge in [0.25, 0.3) is 5.91 Å². The molecule has 2 heterocycles. The normalized spacial score (nSPS) is 14.9. The topological polar surface area (TPSA) is 79.4 Å². The van der Waals surface area contributed by atoms with Gasteiger partial charge in [0, 0.05) is 31.9 Å². The molecule has 27 heavy (non-hydrogen) atoms. The van der Waals surface area contributed by atoms with Crippen molar-refractivity contribution in [1.82, 2.24) is 20.4 Å². The summed E-state index contributed by atoms with van der Waals surface area (Å²) in [6.07, 6.45) is 0. The van der Waals surface area contributed by atoms with Crippen LogP contribution in [0.15, 0.2) is 36.4 Å². The molecule has 0 unspecified atom stereocenters. The second-order valence-corrected chi connectivity index (χ2v) is 6.88. The molecular weight excluding hydrogens is 342 g/mol. The maximum Gasteiger partial charge on any atom is 0.271 e. The highest BCUT2D eigenvalue weighted by atomic mass is 16.5. The number of anilines is 2. The van der Waals surface area contributed by atoms with Crippen LogP contribution in [0.2, 0.25) is 0 Å². The summed E-state index contributed by atoms with van der Waals surface area (Å²) in [4.78, 5) is 14.5. The molecular formula is C20H27N5O2. The van der Waals surface area contributed by atoms with Crippen LogP contribution in [0.5, 0.6) is 0 Å². The van der Waals surface area contributed by atoms with E-state index in [1.54, 1.807) is 12.1 Å². The van der Waals surface area contributed by atoms with Gasteiger partial charge in [-0.25, -0.2) is 0 Å². The standard InChI is InChI=1S/C20H27N5O2/c1-15(2)16-5-3-4-6-17(16)22-19-8-7-18(23-24-19)20(26)21-9-10-25-11-13-27-14-12-25/h3-8,15H,9-14H2,1-2H3,(H,21,26)(H,22,24). The third kappa shape index (κ3) is 5.48. The minimum atomic E-state index is -0.204. The van der Waals surface area contributed by atoms with Crippen LogP contribution < -0.4 is 10.6 Å². The Morgan fingerprint density at radius 1 is 1.15 bits per heavy atom. The molecule has 1 amide bonds. The Labute approximate surface area is 160 Å². The van der Waals surface area contributed by atoms with Gasteiger partial charge in [0.15, 0.2) is 11.5 Å². The van der Waals surface area contributed by atoms with E-state index < -0.39 is 0 Å². The summed E-state index contributed by atoms with van der Waals surface area (Å²) in [5.41, 5.74) is 2.54. The summed E-state index contributed by atoms with van der Waals surface area (Å²) < 4.78 is 5.32. The van der Waals surface area contributed by atoms with E-state index in [9.17, 15) is 4.79 Å². The first kappa shape index (κ1) is 19.3. The maximum absolute atomic E-state index is 12.2. The molecule has 1 fully saturated rings. The number of hydrogen-bond acceptors (Lipinski definition) is 6. The first-order chi connectivity index (χ1) is 13.1. The second-order valence-electron chi connectivity index (χ2n) is 6.88. The SMILES string of the molecule is CC(C)c1ccccc1Nc1ccc(C(=O)NCCN2CCOCC2)nn1. The van der Waals surface area contributed by atoms with Gasteiger partial charge < -0.3 is 15.4 Å².